The molecular formula is C11H16N2O. The molecule has 1 aromatic rings. The van der Waals surface area contributed by atoms with Crippen molar-refractivity contribution in [3.05, 3.63) is 11.8 Å². The molecule has 1 heterocycles. The van der Waals surface area contributed by atoms with E-state index in [-0.39, 0.29) is 0 Å². The van der Waals surface area contributed by atoms with Crippen LogP contribution < -0.4 is 5.73 Å². The summed E-state index contributed by atoms with van der Waals surface area (Å²) in [5.74, 6) is 3.91. The van der Waals surface area contributed by atoms with Gasteiger partial charge in [-0.1, -0.05) is 18.0 Å². The number of anilines is 1. The quantitative estimate of drug-likeness (QED) is 0.744. The first-order valence-electron chi connectivity index (χ1n) is 5.55. The first-order chi connectivity index (χ1) is 6.83. The summed E-state index contributed by atoms with van der Waals surface area (Å²) in [7, 11) is 0. The molecule has 0 aromatic carbocycles. The Balaban J connectivity index is 1.85. The van der Waals surface area contributed by atoms with Gasteiger partial charge in [0, 0.05) is 12.0 Å². The van der Waals surface area contributed by atoms with Crippen LogP contribution in [-0.4, -0.2) is 5.16 Å². The van der Waals surface area contributed by atoms with Gasteiger partial charge in [-0.3, -0.25) is 0 Å². The van der Waals surface area contributed by atoms with Crippen molar-refractivity contribution in [2.45, 2.75) is 38.0 Å². The summed E-state index contributed by atoms with van der Waals surface area (Å²) < 4.78 is 5.28. The van der Waals surface area contributed by atoms with E-state index >= 15 is 0 Å². The molecule has 1 unspecified atom stereocenters. The summed E-state index contributed by atoms with van der Waals surface area (Å²) in [6.45, 7) is 0. The van der Waals surface area contributed by atoms with E-state index in [4.69, 9.17) is 10.3 Å². The number of fused-ring (bicyclic) bond motifs is 3. The average molecular weight is 192 g/mol. The standard InChI is InChI=1S/C11H16N2O/c12-11-6-10(14-13-11)9-5-7-1-3-8(9)4-2-7/h6-9H,1-5H2,(H2,12,13). The van der Waals surface area contributed by atoms with E-state index in [2.05, 4.69) is 5.16 Å². The molecule has 76 valence electrons. The molecule has 4 rings (SSSR count). The molecule has 3 saturated carbocycles. The molecule has 0 aliphatic heterocycles. The van der Waals surface area contributed by atoms with Crippen molar-refractivity contribution >= 4 is 5.82 Å². The van der Waals surface area contributed by atoms with E-state index in [9.17, 15) is 0 Å². The van der Waals surface area contributed by atoms with Gasteiger partial charge in [-0.05, 0) is 31.1 Å². The summed E-state index contributed by atoms with van der Waals surface area (Å²) in [6.07, 6.45) is 6.88. The lowest BCUT2D eigenvalue weighted by atomic mass is 9.64. The van der Waals surface area contributed by atoms with Gasteiger partial charge >= 0.3 is 0 Å². The third-order valence-corrected chi connectivity index (χ3v) is 3.96. The maximum absolute atomic E-state index is 5.58. The highest BCUT2D eigenvalue weighted by Gasteiger charge is 2.38. The van der Waals surface area contributed by atoms with Crippen molar-refractivity contribution in [3.63, 3.8) is 0 Å². The molecule has 3 nitrogen and oxygen atoms in total. The molecule has 0 spiro atoms. The zero-order valence-corrected chi connectivity index (χ0v) is 8.28. The second kappa shape index (κ2) is 3.01. The number of aromatic nitrogens is 1. The zero-order valence-electron chi connectivity index (χ0n) is 8.28. The first-order valence-corrected chi connectivity index (χ1v) is 5.55. The van der Waals surface area contributed by atoms with Crippen molar-refractivity contribution in [2.75, 3.05) is 5.73 Å². The Morgan fingerprint density at radius 1 is 1.29 bits per heavy atom. The zero-order chi connectivity index (χ0) is 9.54. The van der Waals surface area contributed by atoms with E-state index in [0.29, 0.717) is 11.7 Å². The van der Waals surface area contributed by atoms with Crippen LogP contribution in [0.5, 0.6) is 0 Å². The van der Waals surface area contributed by atoms with Crippen LogP contribution in [0, 0.1) is 11.8 Å². The normalized spacial score (nSPS) is 36.1. The second-order valence-electron chi connectivity index (χ2n) is 4.78. The molecule has 0 radical (unpaired) electrons. The molecule has 1 atom stereocenters. The fraction of sp³-hybridized carbons (Fsp3) is 0.727. The molecule has 3 aliphatic rings. The van der Waals surface area contributed by atoms with Crippen LogP contribution in [0.15, 0.2) is 10.6 Å². The van der Waals surface area contributed by atoms with Crippen molar-refractivity contribution < 1.29 is 4.52 Å². The second-order valence-corrected chi connectivity index (χ2v) is 4.78. The summed E-state index contributed by atoms with van der Waals surface area (Å²) in [5, 5.41) is 3.78. The summed E-state index contributed by atoms with van der Waals surface area (Å²) in [6, 6.07) is 1.91. The molecule has 2 N–H and O–H groups in total. The minimum Gasteiger partial charge on any atom is -0.381 e. The first kappa shape index (κ1) is 8.33. The van der Waals surface area contributed by atoms with Gasteiger partial charge in [0.2, 0.25) is 0 Å². The minimum absolute atomic E-state index is 0.529. The monoisotopic (exact) mass is 192 g/mol. The number of hydrogen-bond donors (Lipinski definition) is 1. The lowest BCUT2D eigenvalue weighted by Crippen LogP contribution is -2.29. The number of nitrogens with zero attached hydrogens (tertiary/aromatic N) is 1. The molecule has 2 bridgehead atoms. The smallest absolute Gasteiger partial charge is 0.167 e. The Bertz CT molecular complexity index is 326. The van der Waals surface area contributed by atoms with Crippen LogP contribution in [0.25, 0.3) is 0 Å². The SMILES string of the molecule is Nc1cc(C2CC3CCC2CC3)on1. The molecule has 3 fully saturated rings. The largest absolute Gasteiger partial charge is 0.381 e. The van der Waals surface area contributed by atoms with Gasteiger partial charge in [0.15, 0.2) is 5.82 Å². The molecule has 1 aromatic heterocycles. The molecular weight excluding hydrogens is 176 g/mol. The molecule has 3 heteroatoms. The van der Waals surface area contributed by atoms with Gasteiger partial charge in [-0.15, -0.1) is 0 Å². The molecule has 3 aliphatic carbocycles. The highest BCUT2D eigenvalue weighted by atomic mass is 16.5. The van der Waals surface area contributed by atoms with E-state index in [0.717, 1.165) is 17.6 Å². The van der Waals surface area contributed by atoms with E-state index in [1.54, 1.807) is 0 Å². The average Bonchev–Trinajstić information content (AvgIpc) is 2.66. The van der Waals surface area contributed by atoms with E-state index in [1.807, 2.05) is 6.07 Å². The topological polar surface area (TPSA) is 52.0 Å². The Hall–Kier alpha value is -0.990. The Kier molecular flexibility index (Phi) is 1.79. The number of nitrogen functional groups attached to an aromatic ring is 1. The minimum atomic E-state index is 0.529. The highest BCUT2D eigenvalue weighted by Crippen LogP contribution is 2.49. The summed E-state index contributed by atoms with van der Waals surface area (Å²) >= 11 is 0. The highest BCUT2D eigenvalue weighted by molar-refractivity contribution is 5.28. The number of hydrogen-bond acceptors (Lipinski definition) is 3. The van der Waals surface area contributed by atoms with Gasteiger partial charge in [0.05, 0.1) is 0 Å². The lowest BCUT2D eigenvalue weighted by molar-refractivity contribution is 0.126. The third-order valence-electron chi connectivity index (χ3n) is 3.96. The van der Waals surface area contributed by atoms with Crippen molar-refractivity contribution in [1.29, 1.82) is 0 Å². The van der Waals surface area contributed by atoms with Gasteiger partial charge in [0.1, 0.15) is 5.76 Å². The van der Waals surface area contributed by atoms with Crippen LogP contribution >= 0.6 is 0 Å². The maximum atomic E-state index is 5.58. The third kappa shape index (κ3) is 1.22. The Morgan fingerprint density at radius 3 is 2.57 bits per heavy atom. The summed E-state index contributed by atoms with van der Waals surface area (Å²) in [4.78, 5) is 0. The van der Waals surface area contributed by atoms with Crippen molar-refractivity contribution in [1.82, 2.24) is 5.16 Å². The van der Waals surface area contributed by atoms with Crippen LogP contribution in [0.3, 0.4) is 0 Å². The number of nitrogens with two attached hydrogens (primary N) is 1. The van der Waals surface area contributed by atoms with Gasteiger partial charge in [-0.25, -0.2) is 0 Å². The van der Waals surface area contributed by atoms with E-state index < -0.39 is 0 Å². The maximum Gasteiger partial charge on any atom is 0.167 e. The molecule has 0 saturated heterocycles. The van der Waals surface area contributed by atoms with Gasteiger partial charge in [-0.2, -0.15) is 0 Å². The van der Waals surface area contributed by atoms with Gasteiger partial charge < -0.3 is 10.3 Å². The van der Waals surface area contributed by atoms with Crippen LogP contribution in [0.4, 0.5) is 5.82 Å². The Labute approximate surface area is 83.6 Å². The predicted octanol–water partition coefficient (Wildman–Crippen LogP) is 2.55. The van der Waals surface area contributed by atoms with Gasteiger partial charge in [0.25, 0.3) is 0 Å². The summed E-state index contributed by atoms with van der Waals surface area (Å²) in [5.41, 5.74) is 5.58. The fourth-order valence-electron chi connectivity index (χ4n) is 3.20. The fourth-order valence-corrected chi connectivity index (χ4v) is 3.20. The van der Waals surface area contributed by atoms with Crippen LogP contribution in [0.2, 0.25) is 0 Å². The van der Waals surface area contributed by atoms with E-state index in [1.165, 1.54) is 32.1 Å². The molecule has 14 heavy (non-hydrogen) atoms. The molecule has 0 amide bonds. The van der Waals surface area contributed by atoms with Crippen LogP contribution in [-0.2, 0) is 0 Å². The van der Waals surface area contributed by atoms with Crippen LogP contribution in [0.1, 0.15) is 43.8 Å². The van der Waals surface area contributed by atoms with Crippen molar-refractivity contribution in [2.24, 2.45) is 11.8 Å². The van der Waals surface area contributed by atoms with Crippen molar-refractivity contribution in [3.8, 4) is 0 Å². The lowest BCUT2D eigenvalue weighted by Gasteiger charge is -2.41. The predicted molar refractivity (Wildman–Crippen MR) is 53.7 cm³/mol. The number of rotatable bonds is 1. The Morgan fingerprint density at radius 2 is 2.07 bits per heavy atom.